The minimum Gasteiger partial charge on any atom is -0.453 e. The number of alkyl carbamates (subject to hydrolysis) is 2. The molecular weight excluding hydrogens is 711 g/mol. The molecule has 2 unspecified atom stereocenters. The standard InChI is InChI=1S/C43H47N7O6/c1-26(2)37(47-42(53)55-5)40(51)49-21-7-9-35(49)33-23-32(24-44-33)30-17-13-28(14-18-30)11-12-29-15-19-31(20-16-29)34-25-45-39(46-34)36-10-8-22-50(36)41(52)38(27(3)4)48-43(54)56-6/h7-10,13-20,24-27,35-38H,21-23H2,1-6H3,(H,45,46)(H,47,53)(H,48,54)/t35?,36?,37-,38-/m0/s1. The number of nitrogens with zero attached hydrogens (tertiary/aromatic N) is 4. The van der Waals surface area contributed by atoms with Gasteiger partial charge in [-0.3, -0.25) is 14.6 Å². The summed E-state index contributed by atoms with van der Waals surface area (Å²) in [5.74, 6) is 6.49. The normalized spacial score (nSPS) is 18.3. The number of amides is 4. The number of carbonyl (C=O) groups is 4. The van der Waals surface area contributed by atoms with E-state index in [0.29, 0.717) is 25.3 Å². The fraction of sp³-hybridized carbons (Fsp3) is 0.349. The number of H-pyrrole nitrogens is 1. The first-order valence-electron chi connectivity index (χ1n) is 18.6. The lowest BCUT2D eigenvalue weighted by molar-refractivity contribution is -0.135. The number of allylic oxidation sites excluding steroid dienone is 1. The van der Waals surface area contributed by atoms with E-state index in [1.165, 1.54) is 14.2 Å². The average Bonchev–Trinajstić information content (AvgIpc) is 4.04. The molecule has 3 aromatic rings. The fourth-order valence-electron chi connectivity index (χ4n) is 6.87. The van der Waals surface area contributed by atoms with E-state index in [1.807, 2.05) is 107 Å². The molecule has 0 radical (unpaired) electrons. The summed E-state index contributed by atoms with van der Waals surface area (Å²) in [6.07, 6.45) is 10.7. The summed E-state index contributed by atoms with van der Waals surface area (Å²) in [4.78, 5) is 66.8. The van der Waals surface area contributed by atoms with Crippen molar-refractivity contribution in [3.63, 3.8) is 0 Å². The van der Waals surface area contributed by atoms with Crippen LogP contribution >= 0.6 is 0 Å². The molecule has 0 bridgehead atoms. The topological polar surface area (TPSA) is 158 Å². The van der Waals surface area contributed by atoms with Crippen molar-refractivity contribution in [3.8, 4) is 23.1 Å². The number of benzene rings is 2. The van der Waals surface area contributed by atoms with E-state index in [4.69, 9.17) is 14.5 Å². The Bertz CT molecular complexity index is 2140. The predicted octanol–water partition coefficient (Wildman–Crippen LogP) is 5.63. The lowest BCUT2D eigenvalue weighted by Crippen LogP contribution is -2.53. The number of hydrogen-bond acceptors (Lipinski definition) is 8. The van der Waals surface area contributed by atoms with Gasteiger partial charge in [0, 0.05) is 42.5 Å². The molecule has 0 fully saturated rings. The number of ether oxygens (including phenoxy) is 2. The Morgan fingerprint density at radius 1 is 0.750 bits per heavy atom. The highest BCUT2D eigenvalue weighted by Crippen LogP contribution is 2.30. The molecular formula is C43H47N7O6. The summed E-state index contributed by atoms with van der Waals surface area (Å²) in [6.45, 7) is 8.39. The van der Waals surface area contributed by atoms with Crippen LogP contribution in [0.15, 0.2) is 90.2 Å². The SMILES string of the molecule is COC(=O)N[C@H](C(=O)N1CC=CC1C1=NC=C(c2ccc(C#Cc3ccc(-c4cnc(C5C=CCN5C(=O)[C@@H](NC(=O)OC)C(C)C)[nH]4)cc3)cc2)C1)C(C)C. The maximum absolute atomic E-state index is 13.5. The molecule has 4 heterocycles. The number of aliphatic imine (C=N–C) groups is 1. The van der Waals surface area contributed by atoms with Crippen molar-refractivity contribution < 1.29 is 28.7 Å². The van der Waals surface area contributed by atoms with E-state index in [0.717, 1.165) is 39.2 Å². The summed E-state index contributed by atoms with van der Waals surface area (Å²) in [7, 11) is 2.56. The zero-order chi connectivity index (χ0) is 39.9. The van der Waals surface area contributed by atoms with Crippen molar-refractivity contribution >= 4 is 35.3 Å². The van der Waals surface area contributed by atoms with E-state index in [1.54, 1.807) is 16.0 Å². The summed E-state index contributed by atoms with van der Waals surface area (Å²) < 4.78 is 9.47. The highest BCUT2D eigenvalue weighted by atomic mass is 16.5. The second kappa shape index (κ2) is 17.4. The maximum atomic E-state index is 13.5. The molecule has 13 nitrogen and oxygen atoms in total. The lowest BCUT2D eigenvalue weighted by atomic mass is 9.97. The van der Waals surface area contributed by atoms with Gasteiger partial charge in [0.15, 0.2) is 0 Å². The van der Waals surface area contributed by atoms with Crippen LogP contribution in [0, 0.1) is 23.7 Å². The molecule has 4 atom stereocenters. The van der Waals surface area contributed by atoms with Gasteiger partial charge in [-0.25, -0.2) is 14.6 Å². The fourth-order valence-corrected chi connectivity index (χ4v) is 6.87. The average molecular weight is 758 g/mol. The number of nitrogens with one attached hydrogen (secondary N) is 3. The molecule has 56 heavy (non-hydrogen) atoms. The summed E-state index contributed by atoms with van der Waals surface area (Å²) >= 11 is 0. The highest BCUT2D eigenvalue weighted by Gasteiger charge is 2.37. The number of imidazole rings is 1. The maximum Gasteiger partial charge on any atom is 0.407 e. The van der Waals surface area contributed by atoms with Crippen LogP contribution in [0.4, 0.5) is 9.59 Å². The molecule has 4 amide bonds. The Labute approximate surface area is 326 Å². The van der Waals surface area contributed by atoms with E-state index in [-0.39, 0.29) is 35.7 Å². The highest BCUT2D eigenvalue weighted by molar-refractivity contribution is 6.05. The Kier molecular flexibility index (Phi) is 12.2. The minimum atomic E-state index is -0.729. The van der Waals surface area contributed by atoms with Crippen LogP contribution in [-0.4, -0.2) is 94.9 Å². The van der Waals surface area contributed by atoms with Crippen molar-refractivity contribution in [2.45, 2.75) is 58.3 Å². The van der Waals surface area contributed by atoms with Crippen molar-refractivity contribution in [1.29, 1.82) is 0 Å². The van der Waals surface area contributed by atoms with Gasteiger partial charge in [0.1, 0.15) is 23.9 Å². The third-order valence-electron chi connectivity index (χ3n) is 10.0. The Hall–Kier alpha value is -6.42. The molecule has 3 aliphatic rings. The third-order valence-corrected chi connectivity index (χ3v) is 10.0. The molecule has 0 saturated heterocycles. The van der Waals surface area contributed by atoms with Crippen LogP contribution in [-0.2, 0) is 19.1 Å². The van der Waals surface area contributed by atoms with Gasteiger partial charge in [0.05, 0.1) is 32.2 Å². The van der Waals surface area contributed by atoms with Gasteiger partial charge in [0.2, 0.25) is 11.8 Å². The van der Waals surface area contributed by atoms with Crippen molar-refractivity contribution in [1.82, 2.24) is 30.4 Å². The number of carbonyl (C=O) groups excluding carboxylic acids is 4. The minimum absolute atomic E-state index is 0.116. The molecule has 290 valence electrons. The molecule has 6 rings (SSSR count). The number of methoxy groups -OCH3 is 2. The monoisotopic (exact) mass is 757 g/mol. The molecule has 3 aliphatic heterocycles. The van der Waals surface area contributed by atoms with Gasteiger partial charge < -0.3 is 34.9 Å². The van der Waals surface area contributed by atoms with Gasteiger partial charge in [0.25, 0.3) is 0 Å². The largest absolute Gasteiger partial charge is 0.453 e. The van der Waals surface area contributed by atoms with E-state index in [2.05, 4.69) is 32.4 Å². The zero-order valence-electron chi connectivity index (χ0n) is 32.4. The van der Waals surface area contributed by atoms with Crippen LogP contribution in [0.5, 0.6) is 0 Å². The van der Waals surface area contributed by atoms with E-state index >= 15 is 0 Å². The van der Waals surface area contributed by atoms with Gasteiger partial charge in [-0.15, -0.1) is 0 Å². The van der Waals surface area contributed by atoms with Crippen LogP contribution in [0.3, 0.4) is 0 Å². The van der Waals surface area contributed by atoms with Gasteiger partial charge in [-0.05, 0) is 52.8 Å². The molecule has 0 saturated carbocycles. The van der Waals surface area contributed by atoms with E-state index in [9.17, 15) is 19.2 Å². The number of aromatic amines is 1. The van der Waals surface area contributed by atoms with Crippen LogP contribution in [0.1, 0.15) is 62.7 Å². The Balaban J connectivity index is 1.05. The molecule has 1 aromatic heterocycles. The molecule has 13 heteroatoms. The molecule has 2 aromatic carbocycles. The first kappa shape index (κ1) is 39.3. The summed E-state index contributed by atoms with van der Waals surface area (Å²) in [5.41, 5.74) is 6.42. The molecule has 0 aliphatic carbocycles. The van der Waals surface area contributed by atoms with Gasteiger partial charge in [-0.1, -0.05) is 88.1 Å². The first-order valence-corrected chi connectivity index (χ1v) is 18.6. The first-order chi connectivity index (χ1) is 27.0. The quantitative estimate of drug-likeness (QED) is 0.179. The molecule has 0 spiro atoms. The zero-order valence-corrected chi connectivity index (χ0v) is 32.4. The second-order valence-electron chi connectivity index (χ2n) is 14.5. The summed E-state index contributed by atoms with van der Waals surface area (Å²) in [5, 5.41) is 5.34. The van der Waals surface area contributed by atoms with Crippen LogP contribution in [0.25, 0.3) is 16.8 Å². The van der Waals surface area contributed by atoms with Crippen LogP contribution in [0.2, 0.25) is 0 Å². The van der Waals surface area contributed by atoms with Gasteiger partial charge >= 0.3 is 12.2 Å². The van der Waals surface area contributed by atoms with E-state index < -0.39 is 24.3 Å². The van der Waals surface area contributed by atoms with Crippen molar-refractivity contribution in [2.24, 2.45) is 16.8 Å². The van der Waals surface area contributed by atoms with Gasteiger partial charge in [-0.2, -0.15) is 0 Å². The Morgan fingerprint density at radius 3 is 1.77 bits per heavy atom. The third kappa shape index (κ3) is 8.76. The number of rotatable bonds is 10. The van der Waals surface area contributed by atoms with Crippen molar-refractivity contribution in [3.05, 3.63) is 108 Å². The number of aromatic nitrogens is 2. The smallest absolute Gasteiger partial charge is 0.407 e. The van der Waals surface area contributed by atoms with Crippen molar-refractivity contribution in [2.75, 3.05) is 27.3 Å². The Morgan fingerprint density at radius 2 is 1.25 bits per heavy atom. The number of hydrogen-bond donors (Lipinski definition) is 3. The second-order valence-corrected chi connectivity index (χ2v) is 14.5. The summed E-state index contributed by atoms with van der Waals surface area (Å²) in [6, 6.07) is 13.8. The predicted molar refractivity (Wildman–Crippen MR) is 213 cm³/mol. The molecule has 3 N–H and O–H groups in total. The lowest BCUT2D eigenvalue weighted by Gasteiger charge is -2.31. The van der Waals surface area contributed by atoms with Crippen LogP contribution < -0.4 is 10.6 Å².